The number of pyridine rings is 1. The molecular weight excluding hydrogens is 313 g/mol. The van der Waals surface area contributed by atoms with Crippen molar-refractivity contribution in [2.75, 3.05) is 5.32 Å². The second-order valence-electron chi connectivity index (χ2n) is 4.12. The van der Waals surface area contributed by atoms with Crippen molar-refractivity contribution in [1.82, 2.24) is 10.4 Å². The van der Waals surface area contributed by atoms with Gasteiger partial charge in [-0.2, -0.15) is 18.3 Å². The predicted octanol–water partition coefficient (Wildman–Crippen LogP) is 3.42. The fourth-order valence-corrected chi connectivity index (χ4v) is 1.76. The molecule has 114 valence electrons. The van der Waals surface area contributed by atoms with Crippen molar-refractivity contribution in [2.24, 2.45) is 5.10 Å². The molecule has 22 heavy (non-hydrogen) atoms. The third-order valence-corrected chi connectivity index (χ3v) is 2.72. The van der Waals surface area contributed by atoms with Crippen LogP contribution in [0, 0.1) is 0 Å². The molecule has 0 spiro atoms. The highest BCUT2D eigenvalue weighted by atomic mass is 32.1. The summed E-state index contributed by atoms with van der Waals surface area (Å²) in [7, 11) is 0. The Kier molecular flexibility index (Phi) is 5.05. The first-order valence-electron chi connectivity index (χ1n) is 6.14. The fourth-order valence-electron chi connectivity index (χ4n) is 1.60. The van der Waals surface area contributed by atoms with Crippen LogP contribution in [0.5, 0.6) is 0 Å². The maximum Gasteiger partial charge on any atom is 0.418 e. The van der Waals surface area contributed by atoms with E-state index in [1.807, 2.05) is 0 Å². The van der Waals surface area contributed by atoms with Crippen LogP contribution in [-0.2, 0) is 6.18 Å². The Labute approximate surface area is 130 Å². The first-order valence-corrected chi connectivity index (χ1v) is 6.55. The number of thiocarbonyl (C=S) groups is 1. The molecule has 0 saturated heterocycles. The van der Waals surface area contributed by atoms with Crippen molar-refractivity contribution in [3.63, 3.8) is 0 Å². The molecule has 0 saturated carbocycles. The van der Waals surface area contributed by atoms with Crippen LogP contribution >= 0.6 is 12.2 Å². The van der Waals surface area contributed by atoms with Gasteiger partial charge >= 0.3 is 6.18 Å². The van der Waals surface area contributed by atoms with E-state index in [0.717, 1.165) is 6.07 Å². The number of anilines is 1. The number of hydrogen-bond acceptors (Lipinski definition) is 3. The summed E-state index contributed by atoms with van der Waals surface area (Å²) in [5, 5.41) is 6.22. The lowest BCUT2D eigenvalue weighted by atomic mass is 10.2. The molecule has 2 aromatic rings. The van der Waals surface area contributed by atoms with Crippen LogP contribution in [0.4, 0.5) is 18.9 Å². The van der Waals surface area contributed by atoms with Gasteiger partial charge in [0.05, 0.1) is 23.2 Å². The minimum Gasteiger partial charge on any atom is -0.331 e. The number of alkyl halides is 3. The molecule has 8 heteroatoms. The van der Waals surface area contributed by atoms with Gasteiger partial charge in [-0.05, 0) is 36.5 Å². The Bertz CT molecular complexity index is 671. The number of benzene rings is 1. The Morgan fingerprint density at radius 2 is 1.86 bits per heavy atom. The molecule has 0 fully saturated rings. The molecule has 0 aliphatic carbocycles. The number of nitrogens with zero attached hydrogens (tertiary/aromatic N) is 2. The normalized spacial score (nSPS) is 11.4. The standard InChI is InChI=1S/C14H11F3N4S/c15-14(16,17)11-6-1-2-7-12(11)20-13(22)21-19-9-10-5-3-4-8-18-10/h1-9H,(H2,20,21,22)/b19-9+. The van der Waals surface area contributed by atoms with Crippen LogP contribution in [0.3, 0.4) is 0 Å². The SMILES string of the molecule is FC(F)(F)c1ccccc1NC(=S)N/N=C/c1ccccn1. The van der Waals surface area contributed by atoms with Gasteiger partial charge in [-0.25, -0.2) is 0 Å². The third kappa shape index (κ3) is 4.52. The van der Waals surface area contributed by atoms with E-state index in [1.54, 1.807) is 24.4 Å². The zero-order valence-corrected chi connectivity index (χ0v) is 11.9. The summed E-state index contributed by atoms with van der Waals surface area (Å²) in [6.45, 7) is 0. The van der Waals surface area contributed by atoms with E-state index in [4.69, 9.17) is 12.2 Å². The van der Waals surface area contributed by atoms with E-state index < -0.39 is 11.7 Å². The van der Waals surface area contributed by atoms with Crippen molar-refractivity contribution < 1.29 is 13.2 Å². The van der Waals surface area contributed by atoms with Gasteiger partial charge < -0.3 is 5.32 Å². The second kappa shape index (κ2) is 6.99. The van der Waals surface area contributed by atoms with Gasteiger partial charge in [0.2, 0.25) is 0 Å². The van der Waals surface area contributed by atoms with Gasteiger partial charge in [-0.15, -0.1) is 0 Å². The van der Waals surface area contributed by atoms with Gasteiger partial charge in [0.25, 0.3) is 0 Å². The molecule has 0 amide bonds. The summed E-state index contributed by atoms with van der Waals surface area (Å²) in [5.41, 5.74) is 2.10. The first-order chi connectivity index (χ1) is 10.5. The van der Waals surface area contributed by atoms with Crippen molar-refractivity contribution >= 4 is 29.2 Å². The van der Waals surface area contributed by atoms with E-state index in [2.05, 4.69) is 20.8 Å². The van der Waals surface area contributed by atoms with Gasteiger partial charge in [-0.3, -0.25) is 10.4 Å². The van der Waals surface area contributed by atoms with Gasteiger partial charge in [0, 0.05) is 6.20 Å². The lowest BCUT2D eigenvalue weighted by Gasteiger charge is -2.14. The average Bonchev–Trinajstić information content (AvgIpc) is 2.48. The molecule has 0 unspecified atom stereocenters. The minimum atomic E-state index is -4.46. The highest BCUT2D eigenvalue weighted by Gasteiger charge is 2.33. The minimum absolute atomic E-state index is 0.0520. The summed E-state index contributed by atoms with van der Waals surface area (Å²) < 4.78 is 38.5. The smallest absolute Gasteiger partial charge is 0.331 e. The summed E-state index contributed by atoms with van der Waals surface area (Å²) in [4.78, 5) is 4.00. The molecule has 1 aromatic carbocycles. The zero-order valence-electron chi connectivity index (χ0n) is 11.1. The first kappa shape index (κ1) is 15.9. The lowest BCUT2D eigenvalue weighted by Crippen LogP contribution is -2.25. The van der Waals surface area contributed by atoms with Crippen LogP contribution in [0.1, 0.15) is 11.3 Å². The van der Waals surface area contributed by atoms with E-state index in [-0.39, 0.29) is 10.8 Å². The van der Waals surface area contributed by atoms with Gasteiger partial charge in [0.15, 0.2) is 5.11 Å². The topological polar surface area (TPSA) is 49.3 Å². The molecule has 0 aliphatic rings. The average molecular weight is 324 g/mol. The van der Waals surface area contributed by atoms with Crippen LogP contribution in [0.15, 0.2) is 53.8 Å². The number of nitrogens with one attached hydrogen (secondary N) is 2. The quantitative estimate of drug-likeness (QED) is 0.516. The summed E-state index contributed by atoms with van der Waals surface area (Å²) in [6.07, 6.45) is -1.46. The largest absolute Gasteiger partial charge is 0.418 e. The molecule has 0 atom stereocenters. The van der Waals surface area contributed by atoms with E-state index >= 15 is 0 Å². The van der Waals surface area contributed by atoms with Gasteiger partial charge in [-0.1, -0.05) is 18.2 Å². The van der Waals surface area contributed by atoms with E-state index in [1.165, 1.54) is 24.4 Å². The molecule has 2 N–H and O–H groups in total. The number of para-hydroxylation sites is 1. The fraction of sp³-hybridized carbons (Fsp3) is 0.0714. The Morgan fingerprint density at radius 1 is 1.14 bits per heavy atom. The summed E-state index contributed by atoms with van der Waals surface area (Å²) in [5.74, 6) is 0. The van der Waals surface area contributed by atoms with E-state index in [0.29, 0.717) is 5.69 Å². The zero-order chi connectivity index (χ0) is 16.0. The lowest BCUT2D eigenvalue weighted by molar-refractivity contribution is -0.136. The maximum absolute atomic E-state index is 12.8. The van der Waals surface area contributed by atoms with Crippen molar-refractivity contribution in [3.05, 3.63) is 59.9 Å². The van der Waals surface area contributed by atoms with Crippen LogP contribution in [-0.4, -0.2) is 16.3 Å². The highest BCUT2D eigenvalue weighted by Crippen LogP contribution is 2.34. The van der Waals surface area contributed by atoms with Crippen molar-refractivity contribution in [1.29, 1.82) is 0 Å². The number of hydrazone groups is 1. The third-order valence-electron chi connectivity index (χ3n) is 2.53. The van der Waals surface area contributed by atoms with Gasteiger partial charge in [0.1, 0.15) is 0 Å². The number of hydrogen-bond donors (Lipinski definition) is 2. The monoisotopic (exact) mass is 324 g/mol. The molecule has 1 aromatic heterocycles. The Balaban J connectivity index is 2.00. The number of aromatic nitrogens is 1. The Morgan fingerprint density at radius 3 is 2.55 bits per heavy atom. The van der Waals surface area contributed by atoms with Crippen molar-refractivity contribution in [2.45, 2.75) is 6.18 Å². The summed E-state index contributed by atoms with van der Waals surface area (Å²) >= 11 is 4.91. The summed E-state index contributed by atoms with van der Waals surface area (Å²) in [6, 6.07) is 10.3. The molecule has 2 rings (SSSR count). The molecule has 1 heterocycles. The predicted molar refractivity (Wildman–Crippen MR) is 82.6 cm³/mol. The second-order valence-corrected chi connectivity index (χ2v) is 4.53. The maximum atomic E-state index is 12.8. The molecule has 0 radical (unpaired) electrons. The molecule has 0 aliphatic heterocycles. The van der Waals surface area contributed by atoms with Crippen LogP contribution in [0.2, 0.25) is 0 Å². The van der Waals surface area contributed by atoms with Crippen LogP contribution < -0.4 is 10.7 Å². The highest BCUT2D eigenvalue weighted by molar-refractivity contribution is 7.80. The Hall–Kier alpha value is -2.48. The van der Waals surface area contributed by atoms with E-state index in [9.17, 15) is 13.2 Å². The molecular formula is C14H11F3N4S. The number of halogens is 3. The van der Waals surface area contributed by atoms with Crippen molar-refractivity contribution in [3.8, 4) is 0 Å². The molecule has 0 bridgehead atoms. The number of rotatable bonds is 3. The van der Waals surface area contributed by atoms with Crippen LogP contribution in [0.25, 0.3) is 0 Å². The molecule has 4 nitrogen and oxygen atoms in total.